The minimum atomic E-state index is -0.969. The molecule has 3 fully saturated rings. The average Bonchev–Trinajstić information content (AvgIpc) is 3.71. The number of piperidine rings is 3. The van der Waals surface area contributed by atoms with Crippen LogP contribution in [-0.4, -0.2) is 91.9 Å². The van der Waals surface area contributed by atoms with Gasteiger partial charge >= 0.3 is 0 Å². The van der Waals surface area contributed by atoms with E-state index in [0.29, 0.717) is 22.9 Å². The Balaban J connectivity index is 0.810. The van der Waals surface area contributed by atoms with Crippen LogP contribution in [0.25, 0.3) is 22.3 Å². The van der Waals surface area contributed by atoms with Crippen molar-refractivity contribution in [2.24, 2.45) is 5.92 Å². The molecule has 0 spiro atoms. The van der Waals surface area contributed by atoms with Gasteiger partial charge in [0.05, 0.1) is 22.6 Å². The number of aromatic nitrogens is 4. The van der Waals surface area contributed by atoms with Crippen molar-refractivity contribution >= 4 is 46.2 Å². The van der Waals surface area contributed by atoms with Crippen molar-refractivity contribution in [2.45, 2.75) is 50.6 Å². The van der Waals surface area contributed by atoms with Crippen LogP contribution in [0.3, 0.4) is 0 Å². The van der Waals surface area contributed by atoms with E-state index >= 15 is 0 Å². The molecule has 0 aliphatic carbocycles. The molecule has 0 bridgehead atoms. The molecule has 3 saturated heterocycles. The van der Waals surface area contributed by atoms with Gasteiger partial charge in [-0.3, -0.25) is 29.4 Å². The van der Waals surface area contributed by atoms with Crippen LogP contribution in [-0.2, 0) is 9.59 Å². The molecule has 6 heterocycles. The molecule has 14 heteroatoms. The first-order chi connectivity index (χ1) is 26.8. The molecule has 1 unspecified atom stereocenters. The van der Waals surface area contributed by atoms with E-state index in [9.17, 15) is 19.2 Å². The number of hydrogen-bond donors (Lipinski definition) is 2. The molecule has 0 radical (unpaired) electrons. The Bertz CT molecular complexity index is 2290. The predicted molar refractivity (Wildman–Crippen MR) is 204 cm³/mol. The SMILES string of the molecule is Nc1ncnc2c1c(-c1ccc(Oc3ccccc3)cc1)nn2C1CCN(CC2CCN(c3ccc4c(c3)C(=O)N(C3CCC(=O)NC3=O)C4=O)CC2)CC1. The fourth-order valence-electron chi connectivity index (χ4n) is 8.50. The fourth-order valence-corrected chi connectivity index (χ4v) is 8.50. The Morgan fingerprint density at radius 2 is 1.51 bits per heavy atom. The number of rotatable bonds is 8. The predicted octanol–water partition coefficient (Wildman–Crippen LogP) is 4.82. The van der Waals surface area contributed by atoms with Crippen LogP contribution in [0, 0.1) is 5.92 Å². The summed E-state index contributed by atoms with van der Waals surface area (Å²) in [7, 11) is 0. The third-order valence-electron chi connectivity index (χ3n) is 11.4. The Morgan fingerprint density at radius 1 is 0.782 bits per heavy atom. The largest absolute Gasteiger partial charge is 0.457 e. The fraction of sp³-hybridized carbons (Fsp3) is 0.341. The number of amides is 4. The molecule has 3 N–H and O–H groups in total. The average molecular weight is 740 g/mol. The Labute approximate surface area is 317 Å². The number of hydrogen-bond acceptors (Lipinski definition) is 11. The summed E-state index contributed by atoms with van der Waals surface area (Å²) < 4.78 is 8.04. The summed E-state index contributed by atoms with van der Waals surface area (Å²) in [4.78, 5) is 65.4. The number of nitrogens with zero attached hydrogens (tertiary/aromatic N) is 7. The number of likely N-dealkylation sites (tertiary alicyclic amines) is 1. The number of anilines is 2. The Hall–Kier alpha value is -6.15. The van der Waals surface area contributed by atoms with E-state index in [0.717, 1.165) is 103 Å². The van der Waals surface area contributed by atoms with Crippen molar-refractivity contribution in [2.75, 3.05) is 43.4 Å². The molecule has 14 nitrogen and oxygen atoms in total. The van der Waals surface area contributed by atoms with E-state index in [1.165, 1.54) is 6.33 Å². The van der Waals surface area contributed by atoms with Gasteiger partial charge in [-0.15, -0.1) is 0 Å². The van der Waals surface area contributed by atoms with Crippen LogP contribution < -0.4 is 20.7 Å². The molecule has 55 heavy (non-hydrogen) atoms. The minimum absolute atomic E-state index is 0.0952. The number of imide groups is 2. The van der Waals surface area contributed by atoms with Crippen LogP contribution in [0.4, 0.5) is 11.5 Å². The maximum atomic E-state index is 13.4. The van der Waals surface area contributed by atoms with Crippen LogP contribution in [0.5, 0.6) is 11.5 Å². The number of fused-ring (bicyclic) bond motifs is 2. The van der Waals surface area contributed by atoms with Crippen LogP contribution in [0.15, 0.2) is 79.1 Å². The molecule has 5 aromatic rings. The molecule has 9 rings (SSSR count). The van der Waals surface area contributed by atoms with Crippen LogP contribution >= 0.6 is 0 Å². The van der Waals surface area contributed by atoms with Crippen molar-refractivity contribution in [1.29, 1.82) is 0 Å². The first kappa shape index (κ1) is 34.6. The quantitative estimate of drug-likeness (QED) is 0.209. The van der Waals surface area contributed by atoms with Gasteiger partial charge in [0, 0.05) is 50.4 Å². The topological polar surface area (TPSA) is 169 Å². The molecule has 1 atom stereocenters. The lowest BCUT2D eigenvalue weighted by atomic mass is 9.94. The van der Waals surface area contributed by atoms with Gasteiger partial charge in [0.15, 0.2) is 5.65 Å². The van der Waals surface area contributed by atoms with E-state index in [1.807, 2.05) is 65.3 Å². The van der Waals surface area contributed by atoms with E-state index in [4.69, 9.17) is 15.6 Å². The molecule has 3 aromatic carbocycles. The molecule has 2 aromatic heterocycles. The first-order valence-corrected chi connectivity index (χ1v) is 19.0. The maximum Gasteiger partial charge on any atom is 0.262 e. The number of carbonyl (C=O) groups is 4. The Kier molecular flexibility index (Phi) is 8.97. The number of benzene rings is 3. The Morgan fingerprint density at radius 3 is 2.25 bits per heavy atom. The maximum absolute atomic E-state index is 13.4. The van der Waals surface area contributed by atoms with Crippen molar-refractivity contribution in [1.82, 2.24) is 34.9 Å². The lowest BCUT2D eigenvalue weighted by molar-refractivity contribution is -0.136. The zero-order chi connectivity index (χ0) is 37.6. The summed E-state index contributed by atoms with van der Waals surface area (Å²) >= 11 is 0. The van der Waals surface area contributed by atoms with E-state index in [1.54, 1.807) is 12.1 Å². The molecule has 4 amide bonds. The lowest BCUT2D eigenvalue weighted by Gasteiger charge is -2.38. The molecule has 4 aliphatic heterocycles. The molecule has 280 valence electrons. The van der Waals surface area contributed by atoms with Crippen molar-refractivity contribution in [3.63, 3.8) is 0 Å². The summed E-state index contributed by atoms with van der Waals surface area (Å²) in [6, 6.07) is 22.1. The monoisotopic (exact) mass is 739 g/mol. The zero-order valence-electron chi connectivity index (χ0n) is 30.3. The van der Waals surface area contributed by atoms with Gasteiger partial charge < -0.3 is 20.3 Å². The summed E-state index contributed by atoms with van der Waals surface area (Å²) in [6.45, 7) is 4.63. The summed E-state index contributed by atoms with van der Waals surface area (Å²) in [6.07, 6.45) is 5.67. The van der Waals surface area contributed by atoms with Gasteiger partial charge in [0.25, 0.3) is 11.8 Å². The highest BCUT2D eigenvalue weighted by atomic mass is 16.5. The molecule has 4 aliphatic rings. The van der Waals surface area contributed by atoms with E-state index < -0.39 is 23.8 Å². The minimum Gasteiger partial charge on any atom is -0.457 e. The van der Waals surface area contributed by atoms with Gasteiger partial charge in [-0.2, -0.15) is 5.10 Å². The number of nitrogens with one attached hydrogen (secondary N) is 1. The summed E-state index contributed by atoms with van der Waals surface area (Å²) in [5.74, 6) is 0.513. The first-order valence-electron chi connectivity index (χ1n) is 19.0. The van der Waals surface area contributed by atoms with Gasteiger partial charge in [-0.1, -0.05) is 18.2 Å². The molecular formula is C41H41N9O5. The van der Waals surface area contributed by atoms with E-state index in [-0.39, 0.29) is 24.8 Å². The van der Waals surface area contributed by atoms with Gasteiger partial charge in [-0.05, 0) is 92.6 Å². The highest BCUT2D eigenvalue weighted by Crippen LogP contribution is 2.36. The van der Waals surface area contributed by atoms with Gasteiger partial charge in [0.1, 0.15) is 35.4 Å². The number of ether oxygens (including phenoxy) is 1. The second-order valence-electron chi connectivity index (χ2n) is 14.8. The zero-order valence-corrected chi connectivity index (χ0v) is 30.3. The number of nitrogen functional groups attached to an aromatic ring is 1. The highest BCUT2D eigenvalue weighted by Gasteiger charge is 2.45. The molecule has 0 saturated carbocycles. The van der Waals surface area contributed by atoms with Crippen molar-refractivity contribution in [3.8, 4) is 22.8 Å². The normalized spacial score (nSPS) is 20.0. The lowest BCUT2D eigenvalue weighted by Crippen LogP contribution is -2.54. The highest BCUT2D eigenvalue weighted by molar-refractivity contribution is 6.23. The summed E-state index contributed by atoms with van der Waals surface area (Å²) in [5, 5.41) is 8.11. The van der Waals surface area contributed by atoms with Crippen molar-refractivity contribution < 1.29 is 23.9 Å². The number of para-hydroxylation sites is 1. The number of nitrogens with two attached hydrogens (primary N) is 1. The van der Waals surface area contributed by atoms with E-state index in [2.05, 4.69) is 25.1 Å². The van der Waals surface area contributed by atoms with Gasteiger partial charge in [-0.25, -0.2) is 14.6 Å². The van der Waals surface area contributed by atoms with Crippen LogP contribution in [0.2, 0.25) is 0 Å². The summed E-state index contributed by atoms with van der Waals surface area (Å²) in [5.41, 5.74) is 10.4. The third kappa shape index (κ3) is 6.56. The van der Waals surface area contributed by atoms with Gasteiger partial charge in [0.2, 0.25) is 11.8 Å². The third-order valence-corrected chi connectivity index (χ3v) is 11.4. The second-order valence-corrected chi connectivity index (χ2v) is 14.8. The second kappa shape index (κ2) is 14.3. The molecular weight excluding hydrogens is 699 g/mol. The number of carbonyl (C=O) groups excluding carboxylic acids is 4. The van der Waals surface area contributed by atoms with Crippen molar-refractivity contribution in [3.05, 3.63) is 90.3 Å². The standard InChI is InChI=1S/C41H41N9O5/c42-37-35-36(26-6-9-30(10-7-26)55-29-4-2-1-3-5-29)46-50(38(35)44-24-43-37)27-16-18-47(19-17-27)23-25-14-20-48(21-15-25)28-8-11-31-32(22-28)41(54)49(40(31)53)33-12-13-34(51)45-39(33)52/h1-11,22,24-25,27,33H,12-21,23H2,(H2,42,43,44)(H,45,51,52). The smallest absolute Gasteiger partial charge is 0.262 e. The van der Waals surface area contributed by atoms with Crippen LogP contribution in [0.1, 0.15) is 65.3 Å².